The molecule has 1 rings (SSSR count). The average molecular weight is 219 g/mol. The first-order valence-electron chi connectivity index (χ1n) is 5.73. The Balaban J connectivity index is 2.75. The maximum absolute atomic E-state index is 11.7. The Morgan fingerprint density at radius 1 is 1.19 bits per heavy atom. The summed E-state index contributed by atoms with van der Waals surface area (Å²) < 4.78 is 0. The highest BCUT2D eigenvalue weighted by Crippen LogP contribution is 2.22. The minimum Gasteiger partial charge on any atom is -0.319 e. The van der Waals surface area contributed by atoms with Crippen LogP contribution in [0.4, 0.5) is 0 Å². The highest BCUT2D eigenvalue weighted by molar-refractivity contribution is 5.96. The first-order valence-corrected chi connectivity index (χ1v) is 5.73. The number of rotatable bonds is 4. The summed E-state index contributed by atoms with van der Waals surface area (Å²) in [6.45, 7) is 7.25. The minimum atomic E-state index is 0.145. The summed E-state index contributed by atoms with van der Waals surface area (Å²) in [6, 6.07) is 7.95. The molecule has 2 heteroatoms. The molecule has 0 fully saturated rings. The van der Waals surface area contributed by atoms with Crippen LogP contribution in [0.25, 0.3) is 0 Å². The van der Waals surface area contributed by atoms with Gasteiger partial charge < -0.3 is 5.32 Å². The van der Waals surface area contributed by atoms with Crippen LogP contribution in [0.2, 0.25) is 0 Å². The zero-order valence-electron chi connectivity index (χ0n) is 10.6. The Morgan fingerprint density at radius 3 is 2.19 bits per heavy atom. The zero-order valence-corrected chi connectivity index (χ0v) is 10.6. The SMILES string of the molecule is CNCCC(=O)c1ccc(C(C)(C)C)cc1. The first-order chi connectivity index (χ1) is 7.45. The second-order valence-corrected chi connectivity index (χ2v) is 5.10. The van der Waals surface area contributed by atoms with E-state index in [2.05, 4.69) is 26.1 Å². The summed E-state index contributed by atoms with van der Waals surface area (Å²) in [6.07, 6.45) is 0.561. The quantitative estimate of drug-likeness (QED) is 0.789. The van der Waals surface area contributed by atoms with Gasteiger partial charge in [0.05, 0.1) is 0 Å². The lowest BCUT2D eigenvalue weighted by Crippen LogP contribution is -2.14. The zero-order chi connectivity index (χ0) is 12.2. The fourth-order valence-corrected chi connectivity index (χ4v) is 1.54. The van der Waals surface area contributed by atoms with Crippen molar-refractivity contribution >= 4 is 5.78 Å². The standard InChI is InChI=1S/C14H21NO/c1-14(2,3)12-7-5-11(6-8-12)13(16)9-10-15-4/h5-8,15H,9-10H2,1-4H3. The highest BCUT2D eigenvalue weighted by atomic mass is 16.1. The molecule has 2 nitrogen and oxygen atoms in total. The Labute approximate surface area is 98.1 Å². The summed E-state index contributed by atoms with van der Waals surface area (Å²) >= 11 is 0. The third-order valence-electron chi connectivity index (χ3n) is 2.67. The van der Waals surface area contributed by atoms with Crippen molar-refractivity contribution in [2.75, 3.05) is 13.6 Å². The van der Waals surface area contributed by atoms with E-state index in [0.717, 1.165) is 12.1 Å². The monoisotopic (exact) mass is 219 g/mol. The number of ketones is 1. The van der Waals surface area contributed by atoms with Crippen LogP contribution < -0.4 is 5.32 Å². The Kier molecular flexibility index (Phi) is 4.25. The minimum absolute atomic E-state index is 0.145. The molecule has 1 N–H and O–H groups in total. The van der Waals surface area contributed by atoms with Crippen molar-refractivity contribution in [2.45, 2.75) is 32.6 Å². The van der Waals surface area contributed by atoms with Crippen molar-refractivity contribution in [2.24, 2.45) is 0 Å². The maximum Gasteiger partial charge on any atom is 0.164 e. The number of carbonyl (C=O) groups is 1. The molecule has 0 heterocycles. The largest absolute Gasteiger partial charge is 0.319 e. The molecule has 0 spiro atoms. The second kappa shape index (κ2) is 5.26. The van der Waals surface area contributed by atoms with Gasteiger partial charge in [0.2, 0.25) is 0 Å². The Morgan fingerprint density at radius 2 is 1.75 bits per heavy atom. The number of nitrogens with one attached hydrogen (secondary N) is 1. The summed E-state index contributed by atoms with van der Waals surface area (Å²) in [7, 11) is 1.86. The molecule has 0 bridgehead atoms. The lowest BCUT2D eigenvalue weighted by molar-refractivity contribution is 0.0983. The van der Waals surface area contributed by atoms with Crippen LogP contribution in [0.3, 0.4) is 0 Å². The smallest absolute Gasteiger partial charge is 0.164 e. The van der Waals surface area contributed by atoms with E-state index >= 15 is 0 Å². The topological polar surface area (TPSA) is 29.1 Å². The predicted octanol–water partition coefficient (Wildman–Crippen LogP) is 2.78. The average Bonchev–Trinajstić information content (AvgIpc) is 2.25. The van der Waals surface area contributed by atoms with E-state index in [-0.39, 0.29) is 11.2 Å². The summed E-state index contributed by atoms with van der Waals surface area (Å²) in [5.41, 5.74) is 2.22. The molecular weight excluding hydrogens is 198 g/mol. The molecular formula is C14H21NO. The summed E-state index contributed by atoms with van der Waals surface area (Å²) in [5.74, 6) is 0.204. The number of Topliss-reactive ketones (excluding diaryl/α,β-unsaturated/α-hetero) is 1. The molecule has 88 valence electrons. The molecule has 0 aromatic heterocycles. The van der Waals surface area contributed by atoms with Crippen LogP contribution in [-0.2, 0) is 5.41 Å². The van der Waals surface area contributed by atoms with Gasteiger partial charge >= 0.3 is 0 Å². The molecule has 1 aromatic rings. The Hall–Kier alpha value is -1.15. The van der Waals surface area contributed by atoms with E-state index in [9.17, 15) is 4.79 Å². The molecule has 1 aromatic carbocycles. The van der Waals surface area contributed by atoms with Crippen molar-refractivity contribution < 1.29 is 4.79 Å². The van der Waals surface area contributed by atoms with Crippen molar-refractivity contribution in [1.29, 1.82) is 0 Å². The number of hydrogen-bond acceptors (Lipinski definition) is 2. The highest BCUT2D eigenvalue weighted by Gasteiger charge is 2.13. The van der Waals surface area contributed by atoms with Gasteiger partial charge in [0, 0.05) is 18.5 Å². The van der Waals surface area contributed by atoms with Crippen LogP contribution >= 0.6 is 0 Å². The number of carbonyl (C=O) groups excluding carboxylic acids is 1. The van der Waals surface area contributed by atoms with E-state index in [0.29, 0.717) is 6.42 Å². The summed E-state index contributed by atoms with van der Waals surface area (Å²) in [5, 5.41) is 2.98. The van der Waals surface area contributed by atoms with Gasteiger partial charge in [-0.3, -0.25) is 4.79 Å². The van der Waals surface area contributed by atoms with Crippen molar-refractivity contribution in [3.63, 3.8) is 0 Å². The van der Waals surface area contributed by atoms with Gasteiger partial charge in [0.15, 0.2) is 5.78 Å². The fraction of sp³-hybridized carbons (Fsp3) is 0.500. The predicted molar refractivity (Wildman–Crippen MR) is 68.0 cm³/mol. The molecule has 0 unspecified atom stereocenters. The van der Waals surface area contributed by atoms with E-state index in [1.54, 1.807) is 0 Å². The number of hydrogen-bond donors (Lipinski definition) is 1. The fourth-order valence-electron chi connectivity index (χ4n) is 1.54. The third kappa shape index (κ3) is 3.46. The lowest BCUT2D eigenvalue weighted by Gasteiger charge is -2.18. The van der Waals surface area contributed by atoms with Gasteiger partial charge in [-0.1, -0.05) is 45.0 Å². The molecule has 0 atom stereocenters. The molecule has 0 aliphatic rings. The van der Waals surface area contributed by atoms with Crippen molar-refractivity contribution in [3.8, 4) is 0 Å². The molecule has 0 saturated carbocycles. The molecule has 0 aliphatic carbocycles. The van der Waals surface area contributed by atoms with Crippen LogP contribution in [0.1, 0.15) is 43.1 Å². The van der Waals surface area contributed by atoms with E-state index in [4.69, 9.17) is 0 Å². The van der Waals surface area contributed by atoms with Crippen LogP contribution in [0, 0.1) is 0 Å². The van der Waals surface area contributed by atoms with Crippen LogP contribution in [0.5, 0.6) is 0 Å². The maximum atomic E-state index is 11.7. The lowest BCUT2D eigenvalue weighted by atomic mass is 9.86. The first kappa shape index (κ1) is 12.9. The third-order valence-corrected chi connectivity index (χ3v) is 2.67. The van der Waals surface area contributed by atoms with E-state index in [1.165, 1.54) is 5.56 Å². The molecule has 0 aliphatic heterocycles. The number of benzene rings is 1. The van der Waals surface area contributed by atoms with Crippen molar-refractivity contribution in [3.05, 3.63) is 35.4 Å². The molecule has 0 amide bonds. The van der Waals surface area contributed by atoms with E-state index in [1.807, 2.05) is 31.3 Å². The normalized spacial score (nSPS) is 11.5. The molecule has 0 radical (unpaired) electrons. The van der Waals surface area contributed by atoms with Crippen LogP contribution in [0.15, 0.2) is 24.3 Å². The summed E-state index contributed by atoms with van der Waals surface area (Å²) in [4.78, 5) is 11.7. The van der Waals surface area contributed by atoms with Gasteiger partial charge in [-0.05, 0) is 18.0 Å². The van der Waals surface area contributed by atoms with Gasteiger partial charge in [-0.15, -0.1) is 0 Å². The van der Waals surface area contributed by atoms with Gasteiger partial charge in [-0.25, -0.2) is 0 Å². The van der Waals surface area contributed by atoms with Crippen molar-refractivity contribution in [1.82, 2.24) is 5.32 Å². The molecule has 0 saturated heterocycles. The Bertz CT molecular complexity index is 346. The molecule has 16 heavy (non-hydrogen) atoms. The van der Waals surface area contributed by atoms with Gasteiger partial charge in [0.25, 0.3) is 0 Å². The van der Waals surface area contributed by atoms with Gasteiger partial charge in [0.1, 0.15) is 0 Å². The van der Waals surface area contributed by atoms with Crippen LogP contribution in [-0.4, -0.2) is 19.4 Å². The second-order valence-electron chi connectivity index (χ2n) is 5.10. The van der Waals surface area contributed by atoms with Gasteiger partial charge in [-0.2, -0.15) is 0 Å². The van der Waals surface area contributed by atoms with E-state index < -0.39 is 0 Å².